The van der Waals surface area contributed by atoms with E-state index in [1.54, 1.807) is 30.5 Å². The number of benzene rings is 1. The number of aldehydes is 1. The number of quaternary nitrogens is 1. The van der Waals surface area contributed by atoms with Gasteiger partial charge in [-0.2, -0.15) is 9.79 Å². The first-order valence-electron chi connectivity index (χ1n) is 5.54. The highest BCUT2D eigenvalue weighted by atomic mass is 16.8. The lowest BCUT2D eigenvalue weighted by molar-refractivity contribution is -0.991. The molecule has 5 heteroatoms. The van der Waals surface area contributed by atoms with Gasteiger partial charge in [0.2, 0.25) is 5.69 Å². The van der Waals surface area contributed by atoms with Crippen molar-refractivity contribution in [2.45, 2.75) is 6.54 Å². The zero-order valence-corrected chi connectivity index (χ0v) is 9.46. The van der Waals surface area contributed by atoms with E-state index >= 15 is 0 Å². The number of nitrogens with zero attached hydrogens (tertiary/aromatic N) is 1. The van der Waals surface area contributed by atoms with Gasteiger partial charge in [-0.15, -0.1) is 0 Å². The van der Waals surface area contributed by atoms with Crippen LogP contribution in [0.1, 0.15) is 15.9 Å². The molecule has 3 rings (SSSR count). The van der Waals surface area contributed by atoms with Gasteiger partial charge in [0.05, 0.1) is 17.7 Å². The third kappa shape index (κ3) is 1.62. The summed E-state index contributed by atoms with van der Waals surface area (Å²) in [6.07, 6.45) is 2.56. The molecule has 5 nitrogen and oxygen atoms in total. The van der Waals surface area contributed by atoms with E-state index in [2.05, 4.69) is 0 Å². The Kier molecular flexibility index (Phi) is 2.45. The van der Waals surface area contributed by atoms with Crippen LogP contribution in [-0.4, -0.2) is 11.5 Å². The molecule has 1 unspecified atom stereocenters. The van der Waals surface area contributed by atoms with Gasteiger partial charge in [0.1, 0.15) is 6.29 Å². The van der Waals surface area contributed by atoms with Crippen LogP contribution < -0.4 is 9.79 Å². The molecule has 1 atom stereocenters. The lowest BCUT2D eigenvalue weighted by atomic mass is 10.0. The van der Waals surface area contributed by atoms with Crippen molar-refractivity contribution < 1.29 is 19.8 Å². The van der Waals surface area contributed by atoms with Crippen LogP contribution in [0.3, 0.4) is 0 Å². The molecule has 0 saturated carbocycles. The van der Waals surface area contributed by atoms with E-state index in [4.69, 9.17) is 5.21 Å². The number of pyridine rings is 1. The number of hydrogen-bond donors (Lipinski definition) is 2. The SMILES string of the molecule is O=Cc1ccc2c(c1)-c1cc([NH+]([O-])O)cc[n+]1C2. The van der Waals surface area contributed by atoms with Crippen LogP contribution >= 0.6 is 0 Å². The van der Waals surface area contributed by atoms with Gasteiger partial charge >= 0.3 is 0 Å². The monoisotopic (exact) mass is 243 g/mol. The largest absolute Gasteiger partial charge is 0.595 e. The number of fused-ring (bicyclic) bond motifs is 3. The summed E-state index contributed by atoms with van der Waals surface area (Å²) in [6.45, 7) is 0.712. The molecule has 18 heavy (non-hydrogen) atoms. The number of rotatable bonds is 2. The summed E-state index contributed by atoms with van der Waals surface area (Å²) >= 11 is 0. The Morgan fingerprint density at radius 1 is 1.33 bits per heavy atom. The van der Waals surface area contributed by atoms with Gasteiger partial charge < -0.3 is 5.21 Å². The quantitative estimate of drug-likeness (QED) is 0.384. The van der Waals surface area contributed by atoms with Gasteiger partial charge in [-0.3, -0.25) is 4.79 Å². The fraction of sp³-hybridized carbons (Fsp3) is 0.0769. The van der Waals surface area contributed by atoms with Gasteiger partial charge in [-0.1, -0.05) is 12.1 Å². The second-order valence-electron chi connectivity index (χ2n) is 4.27. The van der Waals surface area contributed by atoms with E-state index in [-0.39, 0.29) is 5.69 Å². The summed E-state index contributed by atoms with van der Waals surface area (Å²) in [5.74, 6) is 0. The van der Waals surface area contributed by atoms with Crippen LogP contribution in [-0.2, 0) is 6.54 Å². The fourth-order valence-electron chi connectivity index (χ4n) is 2.26. The zero-order valence-electron chi connectivity index (χ0n) is 9.46. The van der Waals surface area contributed by atoms with Crippen molar-refractivity contribution in [1.29, 1.82) is 0 Å². The zero-order chi connectivity index (χ0) is 12.7. The van der Waals surface area contributed by atoms with Crippen LogP contribution in [0.2, 0.25) is 0 Å². The average Bonchev–Trinajstić information content (AvgIpc) is 2.75. The molecule has 1 aromatic heterocycles. The van der Waals surface area contributed by atoms with E-state index in [1.165, 1.54) is 0 Å². The number of aromatic nitrogens is 1. The molecule has 2 heterocycles. The van der Waals surface area contributed by atoms with Gasteiger partial charge in [0, 0.05) is 11.1 Å². The minimum Gasteiger partial charge on any atom is -0.595 e. The summed E-state index contributed by atoms with van der Waals surface area (Å²) in [5, 5.41) is 19.0. The second-order valence-corrected chi connectivity index (χ2v) is 4.27. The lowest BCUT2D eigenvalue weighted by Crippen LogP contribution is -2.99. The van der Waals surface area contributed by atoms with Crippen molar-refractivity contribution in [3.63, 3.8) is 0 Å². The number of carbonyl (C=O) groups excluding carboxylic acids is 1. The van der Waals surface area contributed by atoms with Gasteiger partial charge in [-0.05, 0) is 6.07 Å². The standard InChI is InChI=1S/C13H11N2O3/c16-8-9-1-2-10-7-14-4-3-11(15(17)18)6-13(14)12(10)5-9/h1-6,8,15,17H,7H2/q+1. The predicted octanol–water partition coefficient (Wildman–Crippen LogP) is 0.219. The van der Waals surface area contributed by atoms with Crippen molar-refractivity contribution in [2.24, 2.45) is 0 Å². The second kappa shape index (κ2) is 3.99. The highest BCUT2D eigenvalue weighted by molar-refractivity contribution is 5.79. The first-order chi connectivity index (χ1) is 8.69. The molecular formula is C13H11N2O3+. The molecule has 0 aliphatic carbocycles. The normalized spacial score (nSPS) is 13.9. The first-order valence-corrected chi connectivity index (χ1v) is 5.54. The minimum absolute atomic E-state index is 0.255. The van der Waals surface area contributed by atoms with Crippen molar-refractivity contribution in [2.75, 3.05) is 0 Å². The van der Waals surface area contributed by atoms with Gasteiger partial charge in [-0.25, -0.2) is 5.21 Å². The molecule has 0 bridgehead atoms. The maximum Gasteiger partial charge on any atom is 0.219 e. The highest BCUT2D eigenvalue weighted by Crippen LogP contribution is 2.28. The summed E-state index contributed by atoms with van der Waals surface area (Å²) in [5.41, 5.74) is 3.73. The Hall–Kier alpha value is -2.08. The molecule has 90 valence electrons. The molecule has 1 aliphatic heterocycles. The Morgan fingerprint density at radius 2 is 2.17 bits per heavy atom. The van der Waals surface area contributed by atoms with E-state index in [1.807, 2.05) is 10.6 Å². The third-order valence-corrected chi connectivity index (χ3v) is 3.17. The van der Waals surface area contributed by atoms with Crippen molar-refractivity contribution in [3.8, 4) is 11.3 Å². The smallest absolute Gasteiger partial charge is 0.219 e. The van der Waals surface area contributed by atoms with Gasteiger partial charge in [0.15, 0.2) is 18.4 Å². The van der Waals surface area contributed by atoms with E-state index < -0.39 is 5.23 Å². The predicted molar refractivity (Wildman–Crippen MR) is 62.3 cm³/mol. The summed E-state index contributed by atoms with van der Waals surface area (Å²) in [7, 11) is 0. The van der Waals surface area contributed by atoms with Crippen LogP contribution in [0.15, 0.2) is 36.5 Å². The lowest BCUT2D eigenvalue weighted by Gasteiger charge is -2.10. The van der Waals surface area contributed by atoms with Crippen molar-refractivity contribution >= 4 is 12.0 Å². The molecular weight excluding hydrogens is 232 g/mol. The Bertz CT molecular complexity index is 638. The van der Waals surface area contributed by atoms with Gasteiger partial charge in [0.25, 0.3) is 0 Å². The molecule has 0 amide bonds. The van der Waals surface area contributed by atoms with Crippen LogP contribution in [0.25, 0.3) is 11.3 Å². The molecule has 0 spiro atoms. The third-order valence-electron chi connectivity index (χ3n) is 3.17. The average molecular weight is 243 g/mol. The molecule has 0 saturated heterocycles. The maximum absolute atomic E-state index is 11.0. The van der Waals surface area contributed by atoms with Crippen molar-refractivity contribution in [1.82, 2.24) is 0 Å². The Morgan fingerprint density at radius 3 is 2.89 bits per heavy atom. The topological polar surface area (TPSA) is 68.7 Å². The summed E-state index contributed by atoms with van der Waals surface area (Å²) in [4.78, 5) is 10.8. The first kappa shape index (κ1) is 11.0. The summed E-state index contributed by atoms with van der Waals surface area (Å²) < 4.78 is 1.98. The van der Waals surface area contributed by atoms with Crippen LogP contribution in [0.5, 0.6) is 0 Å². The fourth-order valence-corrected chi connectivity index (χ4v) is 2.26. The van der Waals surface area contributed by atoms with E-state index in [9.17, 15) is 10.0 Å². The van der Waals surface area contributed by atoms with E-state index in [0.717, 1.165) is 23.1 Å². The molecule has 1 aromatic carbocycles. The van der Waals surface area contributed by atoms with Crippen LogP contribution in [0, 0.1) is 5.21 Å². The highest BCUT2D eigenvalue weighted by Gasteiger charge is 2.27. The molecule has 0 radical (unpaired) electrons. The van der Waals surface area contributed by atoms with Crippen molar-refractivity contribution in [3.05, 3.63) is 52.9 Å². The number of nitrogens with one attached hydrogen (secondary N) is 1. The molecule has 0 fully saturated rings. The maximum atomic E-state index is 11.0. The minimum atomic E-state index is -0.946. The molecule has 1 aliphatic rings. The Labute approximate surface area is 103 Å². The molecule has 2 N–H and O–H groups in total. The van der Waals surface area contributed by atoms with Crippen LogP contribution in [0.4, 0.5) is 5.69 Å². The number of hydrogen-bond acceptors (Lipinski definition) is 3. The van der Waals surface area contributed by atoms with E-state index in [0.29, 0.717) is 12.1 Å². The number of carbonyl (C=O) groups is 1. The molecule has 2 aromatic rings. The Balaban J connectivity index is 2.18. The summed E-state index contributed by atoms with van der Waals surface area (Å²) in [6, 6.07) is 8.71.